The average Bonchev–Trinajstić information content (AvgIpc) is 2.81. The number of esters is 1. The zero-order chi connectivity index (χ0) is 16.2. The Labute approximate surface area is 131 Å². The molecule has 0 saturated carbocycles. The van der Waals surface area contributed by atoms with Crippen molar-refractivity contribution in [1.82, 2.24) is 20.2 Å². The van der Waals surface area contributed by atoms with Gasteiger partial charge in [-0.2, -0.15) is 0 Å². The fraction of sp³-hybridized carbons (Fsp3) is 0.455. The molecule has 0 radical (unpaired) electrons. The number of H-pyrrole nitrogens is 1. The van der Waals surface area contributed by atoms with Gasteiger partial charge in [0.15, 0.2) is 5.52 Å². The number of carbonyl (C=O) groups is 1. The van der Waals surface area contributed by atoms with E-state index in [9.17, 15) is 9.69 Å². The summed E-state index contributed by atoms with van der Waals surface area (Å²) in [7, 11) is 0. The lowest BCUT2D eigenvalue weighted by Crippen LogP contribution is -2.10. The van der Waals surface area contributed by atoms with Gasteiger partial charge >= 0.3 is 12.7 Å². The molecule has 0 amide bonds. The quantitative estimate of drug-likeness (QED) is 0.560. The van der Waals surface area contributed by atoms with E-state index < -0.39 is 12.7 Å². The molecule has 0 saturated heterocycles. The van der Waals surface area contributed by atoms with Crippen molar-refractivity contribution < 1.29 is 23.5 Å². The molecular weight excluding hydrogens is 331 g/mol. The lowest BCUT2D eigenvalue weighted by Gasteiger charge is -2.13. The highest BCUT2D eigenvalue weighted by atomic mass is 32.5. The molecule has 22 heavy (non-hydrogen) atoms. The number of rotatable bonds is 7. The minimum absolute atomic E-state index is 0.00166. The molecule has 0 aliphatic heterocycles. The van der Waals surface area contributed by atoms with Crippen molar-refractivity contribution in [3.8, 4) is 5.88 Å². The van der Waals surface area contributed by atoms with Gasteiger partial charge in [-0.25, -0.2) is 9.97 Å². The van der Waals surface area contributed by atoms with Crippen LogP contribution in [0.1, 0.15) is 19.7 Å². The average molecular weight is 346 g/mol. The van der Waals surface area contributed by atoms with Crippen molar-refractivity contribution in [3.05, 3.63) is 12.0 Å². The van der Waals surface area contributed by atoms with Crippen LogP contribution >= 0.6 is 6.72 Å². The van der Waals surface area contributed by atoms with E-state index in [1.807, 2.05) is 0 Å². The van der Waals surface area contributed by atoms with Crippen molar-refractivity contribution in [1.29, 1.82) is 0 Å². The monoisotopic (exact) mass is 346 g/mol. The minimum atomic E-state index is -3.44. The first kappa shape index (κ1) is 16.8. The highest BCUT2D eigenvalue weighted by molar-refractivity contribution is 8.07. The van der Waals surface area contributed by atoms with Crippen LogP contribution in [0.15, 0.2) is 6.20 Å². The summed E-state index contributed by atoms with van der Waals surface area (Å²) in [6, 6.07) is 0. The van der Waals surface area contributed by atoms with Gasteiger partial charge in [0.25, 0.3) is 5.88 Å². The van der Waals surface area contributed by atoms with Crippen LogP contribution in [0.4, 0.5) is 0 Å². The molecule has 0 fully saturated rings. The van der Waals surface area contributed by atoms with Crippen LogP contribution in [0.5, 0.6) is 5.88 Å². The molecule has 0 aliphatic rings. The number of hydrogen-bond acceptors (Lipinski definition) is 8. The van der Waals surface area contributed by atoms with Crippen molar-refractivity contribution in [2.75, 3.05) is 13.2 Å². The number of aromatic amines is 1. The molecule has 2 N–H and O–H groups in total. The third kappa shape index (κ3) is 4.20. The van der Waals surface area contributed by atoms with Crippen LogP contribution in [0, 0.1) is 0 Å². The highest BCUT2D eigenvalue weighted by Gasteiger charge is 2.21. The Morgan fingerprint density at radius 2 is 2.23 bits per heavy atom. The number of hydrogen-bond donors (Lipinski definition) is 2. The van der Waals surface area contributed by atoms with Crippen LogP contribution in [-0.2, 0) is 32.3 Å². The molecule has 2 aromatic heterocycles. The van der Waals surface area contributed by atoms with Gasteiger partial charge < -0.3 is 14.2 Å². The smallest absolute Gasteiger partial charge is 0.379 e. The Hall–Kier alpha value is -1.61. The molecule has 11 heteroatoms. The molecule has 0 spiro atoms. The Morgan fingerprint density at radius 1 is 1.45 bits per heavy atom. The van der Waals surface area contributed by atoms with E-state index in [0.717, 1.165) is 0 Å². The van der Waals surface area contributed by atoms with Gasteiger partial charge in [0.2, 0.25) is 0 Å². The number of ether oxygens (including phenoxy) is 1. The van der Waals surface area contributed by atoms with Crippen LogP contribution in [0.25, 0.3) is 11.0 Å². The van der Waals surface area contributed by atoms with E-state index in [0.29, 0.717) is 11.0 Å². The van der Waals surface area contributed by atoms with Gasteiger partial charge in [0, 0.05) is 11.8 Å². The second-order valence-electron chi connectivity index (χ2n) is 4.04. The van der Waals surface area contributed by atoms with E-state index >= 15 is 0 Å². The minimum Gasteiger partial charge on any atom is -0.466 e. The lowest BCUT2D eigenvalue weighted by molar-refractivity contribution is -0.142. The molecule has 1 atom stereocenters. The van der Waals surface area contributed by atoms with Crippen molar-refractivity contribution in [3.63, 3.8) is 0 Å². The second kappa shape index (κ2) is 7.10. The maximum absolute atomic E-state index is 11.5. The number of aromatic nitrogens is 4. The van der Waals surface area contributed by atoms with Crippen LogP contribution in [0.3, 0.4) is 0 Å². The van der Waals surface area contributed by atoms with E-state index in [1.165, 1.54) is 6.20 Å². The standard InChI is InChI=1S/C11H15N4O5PS/c1-3-18-9(16)5-8-12-6-7-10(13-8)11(15-14-7)20-21(17,22)19-4-2/h6H,3-5H2,1-2H3,(H,14,15)(H,17,22). The van der Waals surface area contributed by atoms with E-state index in [2.05, 4.69) is 20.2 Å². The zero-order valence-electron chi connectivity index (χ0n) is 12.0. The van der Waals surface area contributed by atoms with Gasteiger partial charge in [-0.1, -0.05) is 0 Å². The summed E-state index contributed by atoms with van der Waals surface area (Å²) in [4.78, 5) is 29.5. The molecule has 0 aromatic carbocycles. The van der Waals surface area contributed by atoms with Crippen molar-refractivity contribution in [2.24, 2.45) is 0 Å². The Bertz CT molecular complexity index is 722. The second-order valence-corrected chi connectivity index (χ2v) is 6.80. The first-order valence-electron chi connectivity index (χ1n) is 6.47. The van der Waals surface area contributed by atoms with Gasteiger partial charge in [-0.3, -0.25) is 14.4 Å². The summed E-state index contributed by atoms with van der Waals surface area (Å²) in [5.74, 6) is -0.184. The van der Waals surface area contributed by atoms with E-state index in [1.54, 1.807) is 13.8 Å². The first-order chi connectivity index (χ1) is 10.4. The normalized spacial score (nSPS) is 13.8. The SMILES string of the molecule is CCOC(=O)Cc1ncc2[nH]nc(OP(O)(=S)OCC)c2n1. The van der Waals surface area contributed by atoms with Crippen molar-refractivity contribution in [2.45, 2.75) is 20.3 Å². The Kier molecular flexibility index (Phi) is 5.41. The summed E-state index contributed by atoms with van der Waals surface area (Å²) in [5, 5.41) is 6.52. The summed E-state index contributed by atoms with van der Waals surface area (Å²) < 4.78 is 15.0. The van der Waals surface area contributed by atoms with Crippen LogP contribution in [0.2, 0.25) is 0 Å². The Morgan fingerprint density at radius 3 is 2.91 bits per heavy atom. The molecule has 0 aliphatic carbocycles. The maximum Gasteiger partial charge on any atom is 0.379 e. The predicted octanol–water partition coefficient (Wildman–Crippen LogP) is 1.09. The molecule has 2 heterocycles. The molecule has 2 aromatic rings. The summed E-state index contributed by atoms with van der Waals surface area (Å²) in [6.07, 6.45) is 1.38. The number of carbonyl (C=O) groups excluding carboxylic acids is 1. The molecule has 0 bridgehead atoms. The lowest BCUT2D eigenvalue weighted by atomic mass is 10.3. The largest absolute Gasteiger partial charge is 0.466 e. The summed E-state index contributed by atoms with van der Waals surface area (Å²) >= 11 is 4.84. The van der Waals surface area contributed by atoms with Gasteiger partial charge in [0.1, 0.15) is 17.8 Å². The van der Waals surface area contributed by atoms with Gasteiger partial charge in [-0.05, 0) is 13.8 Å². The predicted molar refractivity (Wildman–Crippen MR) is 80.8 cm³/mol. The maximum atomic E-state index is 11.5. The van der Waals surface area contributed by atoms with Gasteiger partial charge in [0.05, 0.1) is 19.4 Å². The van der Waals surface area contributed by atoms with E-state index in [-0.39, 0.29) is 31.3 Å². The summed E-state index contributed by atoms with van der Waals surface area (Å²) in [5.41, 5.74) is 0.784. The third-order valence-electron chi connectivity index (χ3n) is 2.42. The molecule has 1 unspecified atom stereocenters. The molecule has 2 rings (SSSR count). The van der Waals surface area contributed by atoms with Crippen LogP contribution in [-0.4, -0.2) is 44.2 Å². The first-order valence-corrected chi connectivity index (χ1v) is 9.06. The van der Waals surface area contributed by atoms with Crippen molar-refractivity contribution >= 4 is 35.5 Å². The number of fused-ring (bicyclic) bond motifs is 1. The number of nitrogens with one attached hydrogen (secondary N) is 1. The zero-order valence-corrected chi connectivity index (χ0v) is 13.7. The molecular formula is C11H15N4O5PS. The topological polar surface area (TPSA) is 119 Å². The van der Waals surface area contributed by atoms with Crippen LogP contribution < -0.4 is 4.52 Å². The fourth-order valence-corrected chi connectivity index (χ4v) is 2.87. The summed E-state index contributed by atoms with van der Waals surface area (Å²) in [6.45, 7) is 0.446. The molecule has 9 nitrogen and oxygen atoms in total. The fourth-order valence-electron chi connectivity index (χ4n) is 1.62. The highest BCUT2D eigenvalue weighted by Crippen LogP contribution is 2.44. The van der Waals surface area contributed by atoms with E-state index in [4.69, 9.17) is 25.6 Å². The van der Waals surface area contributed by atoms with Gasteiger partial charge in [-0.15, -0.1) is 5.10 Å². The Balaban J connectivity index is 2.25. The molecule has 120 valence electrons. The number of nitrogens with zero attached hydrogens (tertiary/aromatic N) is 3. The third-order valence-corrected chi connectivity index (χ3v) is 3.95.